The molecule has 1 heterocycles. The van der Waals surface area contributed by atoms with Crippen LogP contribution in [0.4, 0.5) is 0 Å². The van der Waals surface area contributed by atoms with Crippen molar-refractivity contribution in [2.75, 3.05) is 32.7 Å². The van der Waals surface area contributed by atoms with Crippen molar-refractivity contribution >= 4 is 0 Å². The standard InChI is InChI=1S/C8H16N2/c1-2-3-6-10-7-4-9-5-8-10/h2,9H,1,3-8H2. The highest BCUT2D eigenvalue weighted by Gasteiger charge is 2.06. The van der Waals surface area contributed by atoms with Crippen LogP contribution < -0.4 is 5.32 Å². The van der Waals surface area contributed by atoms with Crippen LogP contribution in [-0.2, 0) is 0 Å². The highest BCUT2D eigenvalue weighted by molar-refractivity contribution is 4.73. The van der Waals surface area contributed by atoms with Gasteiger partial charge in [0.2, 0.25) is 0 Å². The van der Waals surface area contributed by atoms with Gasteiger partial charge in [0.25, 0.3) is 0 Å². The molecule has 0 aliphatic carbocycles. The Labute approximate surface area is 62.9 Å². The van der Waals surface area contributed by atoms with E-state index in [2.05, 4.69) is 16.8 Å². The molecular weight excluding hydrogens is 124 g/mol. The number of nitrogens with one attached hydrogen (secondary N) is 1. The van der Waals surface area contributed by atoms with Crippen LogP contribution in [0.5, 0.6) is 0 Å². The summed E-state index contributed by atoms with van der Waals surface area (Å²) in [4.78, 5) is 2.47. The first-order valence-electron chi connectivity index (χ1n) is 3.97. The Morgan fingerprint density at radius 2 is 2.10 bits per heavy atom. The molecular formula is C8H16N2. The summed E-state index contributed by atoms with van der Waals surface area (Å²) in [6.45, 7) is 9.59. The fourth-order valence-electron chi connectivity index (χ4n) is 1.21. The highest BCUT2D eigenvalue weighted by atomic mass is 15.2. The molecule has 10 heavy (non-hydrogen) atoms. The van der Waals surface area contributed by atoms with Gasteiger partial charge >= 0.3 is 0 Å². The second kappa shape index (κ2) is 4.47. The fraction of sp³-hybridized carbons (Fsp3) is 0.750. The Morgan fingerprint density at radius 1 is 1.40 bits per heavy atom. The Morgan fingerprint density at radius 3 is 2.70 bits per heavy atom. The van der Waals surface area contributed by atoms with Crippen molar-refractivity contribution in [3.8, 4) is 0 Å². The van der Waals surface area contributed by atoms with Crippen molar-refractivity contribution in [1.82, 2.24) is 10.2 Å². The van der Waals surface area contributed by atoms with Crippen molar-refractivity contribution in [2.45, 2.75) is 6.42 Å². The molecule has 0 aromatic rings. The van der Waals surface area contributed by atoms with E-state index >= 15 is 0 Å². The molecule has 2 heteroatoms. The van der Waals surface area contributed by atoms with Gasteiger partial charge in [-0.05, 0) is 6.42 Å². The first-order valence-corrected chi connectivity index (χ1v) is 3.97. The van der Waals surface area contributed by atoms with Gasteiger partial charge in [-0.2, -0.15) is 0 Å². The maximum atomic E-state index is 3.70. The van der Waals surface area contributed by atoms with Gasteiger partial charge in [-0.3, -0.25) is 0 Å². The minimum atomic E-state index is 1.12. The number of rotatable bonds is 3. The third kappa shape index (κ3) is 2.50. The van der Waals surface area contributed by atoms with E-state index in [0.717, 1.165) is 19.5 Å². The molecule has 0 unspecified atom stereocenters. The molecule has 1 aliphatic heterocycles. The lowest BCUT2D eigenvalue weighted by molar-refractivity contribution is 0.245. The molecule has 0 spiro atoms. The van der Waals surface area contributed by atoms with Crippen LogP contribution in [-0.4, -0.2) is 37.6 Å². The molecule has 0 bridgehead atoms. The molecule has 1 rings (SSSR count). The quantitative estimate of drug-likeness (QED) is 0.573. The molecule has 0 saturated carbocycles. The minimum Gasteiger partial charge on any atom is -0.314 e. The summed E-state index contributed by atoms with van der Waals surface area (Å²) in [5.41, 5.74) is 0. The average Bonchev–Trinajstić information content (AvgIpc) is 2.03. The highest BCUT2D eigenvalue weighted by Crippen LogP contribution is 1.93. The van der Waals surface area contributed by atoms with E-state index in [1.54, 1.807) is 0 Å². The summed E-state index contributed by atoms with van der Waals surface area (Å²) in [6, 6.07) is 0. The van der Waals surface area contributed by atoms with Crippen LogP contribution in [0.15, 0.2) is 12.7 Å². The number of piperazine rings is 1. The monoisotopic (exact) mass is 140 g/mol. The Bertz CT molecular complexity index is 95.4. The van der Waals surface area contributed by atoms with E-state index in [0.29, 0.717) is 0 Å². The smallest absolute Gasteiger partial charge is 0.0107 e. The zero-order chi connectivity index (χ0) is 7.23. The van der Waals surface area contributed by atoms with Crippen molar-refractivity contribution in [2.24, 2.45) is 0 Å². The maximum absolute atomic E-state index is 3.70. The molecule has 1 fully saturated rings. The van der Waals surface area contributed by atoms with Gasteiger partial charge in [-0.15, -0.1) is 6.58 Å². The van der Waals surface area contributed by atoms with E-state index in [4.69, 9.17) is 0 Å². The van der Waals surface area contributed by atoms with Crippen LogP contribution in [0.25, 0.3) is 0 Å². The molecule has 1 aliphatic rings. The average molecular weight is 140 g/mol. The zero-order valence-electron chi connectivity index (χ0n) is 6.47. The normalized spacial score (nSPS) is 20.8. The predicted octanol–water partition coefficient (Wildman–Crippen LogP) is 0.468. The molecule has 0 amide bonds. The third-order valence-electron chi connectivity index (χ3n) is 1.86. The summed E-state index contributed by atoms with van der Waals surface area (Å²) in [7, 11) is 0. The van der Waals surface area contributed by atoms with E-state index in [9.17, 15) is 0 Å². The molecule has 0 aromatic carbocycles. The van der Waals surface area contributed by atoms with Crippen LogP contribution >= 0.6 is 0 Å². The molecule has 1 saturated heterocycles. The summed E-state index contributed by atoms with van der Waals surface area (Å²) < 4.78 is 0. The van der Waals surface area contributed by atoms with Crippen molar-refractivity contribution in [3.63, 3.8) is 0 Å². The van der Waals surface area contributed by atoms with Gasteiger partial charge in [0.05, 0.1) is 0 Å². The third-order valence-corrected chi connectivity index (χ3v) is 1.86. The largest absolute Gasteiger partial charge is 0.314 e. The van der Waals surface area contributed by atoms with Gasteiger partial charge < -0.3 is 10.2 Å². The Balaban J connectivity index is 2.07. The first-order chi connectivity index (χ1) is 4.93. The predicted molar refractivity (Wildman–Crippen MR) is 44.1 cm³/mol. The molecule has 0 radical (unpaired) electrons. The number of nitrogens with zero attached hydrogens (tertiary/aromatic N) is 1. The van der Waals surface area contributed by atoms with Gasteiger partial charge in [-0.25, -0.2) is 0 Å². The van der Waals surface area contributed by atoms with Gasteiger partial charge in [0, 0.05) is 32.7 Å². The van der Waals surface area contributed by atoms with E-state index < -0.39 is 0 Å². The van der Waals surface area contributed by atoms with Crippen molar-refractivity contribution in [1.29, 1.82) is 0 Å². The van der Waals surface area contributed by atoms with Crippen LogP contribution in [0.3, 0.4) is 0 Å². The lowest BCUT2D eigenvalue weighted by atomic mass is 10.3. The Hall–Kier alpha value is -0.340. The van der Waals surface area contributed by atoms with Crippen molar-refractivity contribution < 1.29 is 0 Å². The second-order valence-corrected chi connectivity index (χ2v) is 2.67. The molecule has 58 valence electrons. The number of hydrogen-bond donors (Lipinski definition) is 1. The zero-order valence-corrected chi connectivity index (χ0v) is 6.47. The molecule has 0 aromatic heterocycles. The lowest BCUT2D eigenvalue weighted by Crippen LogP contribution is -2.43. The minimum absolute atomic E-state index is 1.12. The molecule has 2 nitrogen and oxygen atoms in total. The van der Waals surface area contributed by atoms with E-state index in [1.165, 1.54) is 19.6 Å². The topological polar surface area (TPSA) is 15.3 Å². The summed E-state index contributed by atoms with van der Waals surface area (Å²) in [5.74, 6) is 0. The lowest BCUT2D eigenvalue weighted by Gasteiger charge is -2.26. The van der Waals surface area contributed by atoms with Gasteiger partial charge in [0.15, 0.2) is 0 Å². The first kappa shape index (κ1) is 7.76. The van der Waals surface area contributed by atoms with Gasteiger partial charge in [-0.1, -0.05) is 6.08 Å². The Kier molecular flexibility index (Phi) is 3.47. The van der Waals surface area contributed by atoms with E-state index in [-0.39, 0.29) is 0 Å². The number of hydrogen-bond acceptors (Lipinski definition) is 2. The van der Waals surface area contributed by atoms with E-state index in [1.807, 2.05) is 6.08 Å². The second-order valence-electron chi connectivity index (χ2n) is 2.67. The van der Waals surface area contributed by atoms with Crippen LogP contribution in [0, 0.1) is 0 Å². The maximum Gasteiger partial charge on any atom is 0.0107 e. The summed E-state index contributed by atoms with van der Waals surface area (Å²) in [5, 5.41) is 3.32. The SMILES string of the molecule is C=CCCN1CCNCC1. The molecule has 0 atom stereocenters. The fourth-order valence-corrected chi connectivity index (χ4v) is 1.21. The van der Waals surface area contributed by atoms with Crippen LogP contribution in [0.1, 0.15) is 6.42 Å². The summed E-state index contributed by atoms with van der Waals surface area (Å²) >= 11 is 0. The van der Waals surface area contributed by atoms with Gasteiger partial charge in [0.1, 0.15) is 0 Å². The van der Waals surface area contributed by atoms with Crippen molar-refractivity contribution in [3.05, 3.63) is 12.7 Å². The summed E-state index contributed by atoms with van der Waals surface area (Å²) in [6.07, 6.45) is 3.11. The van der Waals surface area contributed by atoms with Crippen LogP contribution in [0.2, 0.25) is 0 Å². The molecule has 1 N–H and O–H groups in total.